The molecule has 0 saturated carbocycles. The molecule has 2 aromatic rings. The molecule has 0 aliphatic carbocycles. The molecule has 24 heavy (non-hydrogen) atoms. The third kappa shape index (κ3) is 4.41. The summed E-state index contributed by atoms with van der Waals surface area (Å²) in [5.41, 5.74) is 1.06. The highest BCUT2D eigenvalue weighted by molar-refractivity contribution is 7.94. The van der Waals surface area contributed by atoms with Crippen LogP contribution in [-0.2, 0) is 9.84 Å². The molecule has 5 heteroatoms. The average molecular weight is 383 g/mol. The predicted molar refractivity (Wildman–Crippen MR) is 102 cm³/mol. The Kier molecular flexibility index (Phi) is 5.79. The van der Waals surface area contributed by atoms with Gasteiger partial charge < -0.3 is 0 Å². The van der Waals surface area contributed by atoms with Gasteiger partial charge in [0.1, 0.15) is 0 Å². The first-order chi connectivity index (χ1) is 11.2. The van der Waals surface area contributed by atoms with E-state index in [9.17, 15) is 8.42 Å². The Labute approximate surface area is 154 Å². The Balaban J connectivity index is 2.68. The van der Waals surface area contributed by atoms with Gasteiger partial charge in [-0.25, -0.2) is 8.42 Å². The topological polar surface area (TPSA) is 34.1 Å². The van der Waals surface area contributed by atoms with Gasteiger partial charge in [0.05, 0.1) is 4.90 Å². The van der Waals surface area contributed by atoms with Gasteiger partial charge in [-0.2, -0.15) is 0 Å². The van der Waals surface area contributed by atoms with Gasteiger partial charge in [-0.1, -0.05) is 62.2 Å². The van der Waals surface area contributed by atoms with Gasteiger partial charge in [-0.3, -0.25) is 0 Å². The van der Waals surface area contributed by atoms with Crippen molar-refractivity contribution in [3.8, 4) is 0 Å². The number of rotatable bonds is 5. The van der Waals surface area contributed by atoms with Crippen LogP contribution in [0.2, 0.25) is 10.0 Å². The van der Waals surface area contributed by atoms with Crippen molar-refractivity contribution in [3.05, 3.63) is 69.5 Å². The molecule has 0 aliphatic rings. The molecule has 0 amide bonds. The average Bonchev–Trinajstić information content (AvgIpc) is 2.52. The fourth-order valence-corrected chi connectivity index (χ4v) is 4.32. The summed E-state index contributed by atoms with van der Waals surface area (Å²) in [6.45, 7) is 6.04. The van der Waals surface area contributed by atoms with Crippen LogP contribution in [0.25, 0.3) is 5.57 Å². The summed E-state index contributed by atoms with van der Waals surface area (Å²) in [7, 11) is -3.57. The lowest BCUT2D eigenvalue weighted by molar-refractivity contribution is 0.482. The first-order valence-corrected chi connectivity index (χ1v) is 9.95. The minimum absolute atomic E-state index is 0.266. The molecule has 0 N–H and O–H groups in total. The molecule has 0 fully saturated rings. The maximum Gasteiger partial charge on any atom is 0.200 e. The van der Waals surface area contributed by atoms with Crippen molar-refractivity contribution < 1.29 is 8.42 Å². The first kappa shape index (κ1) is 19.0. The number of hydrogen-bond donors (Lipinski definition) is 0. The lowest BCUT2D eigenvalue weighted by Gasteiger charge is -2.27. The zero-order chi connectivity index (χ0) is 18.0. The Morgan fingerprint density at radius 2 is 1.58 bits per heavy atom. The van der Waals surface area contributed by atoms with Crippen molar-refractivity contribution in [1.82, 2.24) is 0 Å². The predicted octanol–water partition coefficient (Wildman–Crippen LogP) is 6.24. The summed E-state index contributed by atoms with van der Waals surface area (Å²) in [5.74, 6) is 0. The van der Waals surface area contributed by atoms with Gasteiger partial charge in [-0.05, 0) is 53.3 Å². The normalized spacial score (nSPS) is 13.1. The highest BCUT2D eigenvalue weighted by Gasteiger charge is 2.26. The fraction of sp³-hybridized carbons (Fsp3) is 0.263. The lowest BCUT2D eigenvalue weighted by atomic mass is 9.79. The number of hydrogen-bond acceptors (Lipinski definition) is 2. The minimum atomic E-state index is -3.57. The van der Waals surface area contributed by atoms with Crippen molar-refractivity contribution in [3.63, 3.8) is 0 Å². The SMILES string of the molecule is CCC(C)(C)C(=CS(=O)(=O)c1ccccc1)c1cc(Cl)cc(Cl)c1. The molecule has 0 atom stereocenters. The molecule has 0 aliphatic heterocycles. The fourth-order valence-electron chi connectivity index (χ4n) is 2.35. The van der Waals surface area contributed by atoms with Crippen LogP contribution in [0.4, 0.5) is 0 Å². The second-order valence-corrected chi connectivity index (χ2v) is 8.96. The van der Waals surface area contributed by atoms with E-state index < -0.39 is 9.84 Å². The number of sulfone groups is 1. The third-order valence-electron chi connectivity index (χ3n) is 4.13. The zero-order valence-corrected chi connectivity index (χ0v) is 16.2. The standard InChI is InChI=1S/C19H20Cl2O2S/c1-4-19(2,3)18(14-10-15(20)12-16(21)11-14)13-24(22,23)17-8-6-5-7-9-17/h5-13H,4H2,1-3H3. The van der Waals surface area contributed by atoms with E-state index in [0.717, 1.165) is 12.0 Å². The second-order valence-electron chi connectivity index (χ2n) is 6.29. The molecule has 0 saturated heterocycles. The van der Waals surface area contributed by atoms with Gasteiger partial charge >= 0.3 is 0 Å². The molecular formula is C19H20Cl2O2S. The largest absolute Gasteiger partial charge is 0.219 e. The quantitative estimate of drug-likeness (QED) is 0.612. The van der Waals surface area contributed by atoms with E-state index in [1.807, 2.05) is 20.8 Å². The molecule has 2 rings (SSSR count). The van der Waals surface area contributed by atoms with Crippen molar-refractivity contribution in [1.29, 1.82) is 0 Å². The molecule has 2 nitrogen and oxygen atoms in total. The van der Waals surface area contributed by atoms with E-state index in [2.05, 4.69) is 0 Å². The molecule has 0 spiro atoms. The number of halogens is 2. The van der Waals surface area contributed by atoms with Gasteiger partial charge in [0.25, 0.3) is 0 Å². The van der Waals surface area contributed by atoms with Crippen LogP contribution < -0.4 is 0 Å². The number of allylic oxidation sites excluding steroid dienone is 1. The van der Waals surface area contributed by atoms with Crippen LogP contribution in [0.15, 0.2) is 58.8 Å². The second kappa shape index (κ2) is 7.30. The summed E-state index contributed by atoms with van der Waals surface area (Å²) in [6, 6.07) is 13.5. The summed E-state index contributed by atoms with van der Waals surface area (Å²) in [5, 5.41) is 2.30. The molecule has 0 unspecified atom stereocenters. The van der Waals surface area contributed by atoms with Crippen molar-refractivity contribution in [2.45, 2.75) is 32.1 Å². The van der Waals surface area contributed by atoms with Gasteiger partial charge in [-0.15, -0.1) is 0 Å². The summed E-state index contributed by atoms with van der Waals surface area (Å²) >= 11 is 12.2. The van der Waals surface area contributed by atoms with Crippen molar-refractivity contribution >= 4 is 38.6 Å². The van der Waals surface area contributed by atoms with Crippen LogP contribution in [0.5, 0.6) is 0 Å². The van der Waals surface area contributed by atoms with Crippen molar-refractivity contribution in [2.24, 2.45) is 5.41 Å². The highest BCUT2D eigenvalue weighted by atomic mass is 35.5. The third-order valence-corrected chi connectivity index (χ3v) is 6.04. The molecule has 0 bridgehead atoms. The van der Waals surface area contributed by atoms with Gasteiger partial charge in [0.2, 0.25) is 0 Å². The van der Waals surface area contributed by atoms with Crippen LogP contribution in [-0.4, -0.2) is 8.42 Å². The highest BCUT2D eigenvalue weighted by Crippen LogP contribution is 2.40. The Hall–Kier alpha value is -1.29. The molecule has 128 valence electrons. The van der Waals surface area contributed by atoms with E-state index in [1.54, 1.807) is 48.5 Å². The van der Waals surface area contributed by atoms with E-state index in [1.165, 1.54) is 5.41 Å². The monoisotopic (exact) mass is 382 g/mol. The van der Waals surface area contributed by atoms with Crippen LogP contribution in [0.3, 0.4) is 0 Å². The molecule has 2 aromatic carbocycles. The van der Waals surface area contributed by atoms with Crippen LogP contribution >= 0.6 is 23.2 Å². The molecule has 0 radical (unpaired) electrons. The summed E-state index contributed by atoms with van der Waals surface area (Å²) < 4.78 is 25.6. The van der Waals surface area contributed by atoms with E-state index in [0.29, 0.717) is 15.6 Å². The van der Waals surface area contributed by atoms with Gasteiger partial charge in [0, 0.05) is 15.5 Å². The smallest absolute Gasteiger partial charge is 0.200 e. The van der Waals surface area contributed by atoms with Crippen LogP contribution in [0, 0.1) is 5.41 Å². The number of benzene rings is 2. The lowest BCUT2D eigenvalue weighted by Crippen LogP contribution is -2.14. The van der Waals surface area contributed by atoms with Gasteiger partial charge in [0.15, 0.2) is 9.84 Å². The first-order valence-electron chi connectivity index (χ1n) is 7.64. The van der Waals surface area contributed by atoms with E-state index >= 15 is 0 Å². The Morgan fingerprint density at radius 3 is 2.08 bits per heavy atom. The van der Waals surface area contributed by atoms with E-state index in [4.69, 9.17) is 23.2 Å². The molecule has 0 heterocycles. The van der Waals surface area contributed by atoms with Crippen molar-refractivity contribution in [2.75, 3.05) is 0 Å². The zero-order valence-electron chi connectivity index (χ0n) is 13.9. The van der Waals surface area contributed by atoms with E-state index in [-0.39, 0.29) is 10.3 Å². The Morgan fingerprint density at radius 1 is 1.04 bits per heavy atom. The summed E-state index contributed by atoms with van der Waals surface area (Å²) in [4.78, 5) is 0.266. The Bertz CT molecular complexity index is 834. The maximum absolute atomic E-state index is 12.8. The molecular weight excluding hydrogens is 363 g/mol. The van der Waals surface area contributed by atoms with Crippen LogP contribution in [0.1, 0.15) is 32.8 Å². The maximum atomic E-state index is 12.8. The minimum Gasteiger partial charge on any atom is -0.219 e. The molecule has 0 aromatic heterocycles. The summed E-state index contributed by atoms with van der Waals surface area (Å²) in [6.07, 6.45) is 0.771.